The molecule has 204 valence electrons. The number of ether oxygens (including phenoxy) is 1. The Balaban J connectivity index is 1.12. The Morgan fingerprint density at radius 2 is 1.90 bits per heavy atom. The fraction of sp³-hybridized carbons (Fsp3) is 0.448. The molecule has 0 radical (unpaired) electrons. The molecule has 4 aliphatic rings. The molecule has 0 spiro atoms. The molecule has 4 amide bonds. The van der Waals surface area contributed by atoms with Crippen molar-refractivity contribution in [2.24, 2.45) is 0 Å². The summed E-state index contributed by atoms with van der Waals surface area (Å²) in [6, 6.07) is 11.0. The van der Waals surface area contributed by atoms with Gasteiger partial charge >= 0.3 is 6.09 Å². The van der Waals surface area contributed by atoms with Gasteiger partial charge in [-0.25, -0.2) is 4.79 Å². The topological polar surface area (TPSA) is 119 Å². The fourth-order valence-corrected chi connectivity index (χ4v) is 6.36. The lowest BCUT2D eigenvalue weighted by atomic mass is 10.0. The first-order valence-corrected chi connectivity index (χ1v) is 13.6. The van der Waals surface area contributed by atoms with Crippen LogP contribution in [0, 0.1) is 0 Å². The summed E-state index contributed by atoms with van der Waals surface area (Å²) in [4.78, 5) is 54.0. The molecule has 0 aromatic heterocycles. The summed E-state index contributed by atoms with van der Waals surface area (Å²) in [5, 5.41) is 12.0. The van der Waals surface area contributed by atoms with Crippen molar-refractivity contribution in [1.29, 1.82) is 0 Å². The molecule has 0 saturated carbocycles. The highest BCUT2D eigenvalue weighted by Crippen LogP contribution is 2.34. The van der Waals surface area contributed by atoms with Gasteiger partial charge in [0.25, 0.3) is 5.91 Å². The van der Waals surface area contributed by atoms with Gasteiger partial charge in [-0.1, -0.05) is 24.6 Å². The number of hydrogen-bond donors (Lipinski definition) is 2. The fourth-order valence-electron chi connectivity index (χ4n) is 6.36. The minimum absolute atomic E-state index is 0.184. The molecule has 1 unspecified atom stereocenters. The van der Waals surface area contributed by atoms with Crippen LogP contribution in [-0.2, 0) is 29.1 Å². The van der Waals surface area contributed by atoms with E-state index in [-0.39, 0.29) is 24.3 Å². The third kappa shape index (κ3) is 4.85. The molecule has 2 aromatic carbocycles. The minimum Gasteiger partial charge on any atom is -0.492 e. The lowest BCUT2D eigenvalue weighted by molar-refractivity contribution is -0.136. The molecular weight excluding hydrogens is 500 g/mol. The van der Waals surface area contributed by atoms with Crippen molar-refractivity contribution in [2.45, 2.75) is 63.7 Å². The van der Waals surface area contributed by atoms with Gasteiger partial charge in [-0.15, -0.1) is 0 Å². The lowest BCUT2D eigenvalue weighted by Gasteiger charge is -2.36. The zero-order chi connectivity index (χ0) is 27.1. The third-order valence-corrected chi connectivity index (χ3v) is 8.37. The van der Waals surface area contributed by atoms with E-state index in [1.165, 1.54) is 9.80 Å². The smallest absolute Gasteiger partial charge is 0.411 e. The lowest BCUT2D eigenvalue weighted by Crippen LogP contribution is -2.52. The zero-order valence-corrected chi connectivity index (χ0v) is 21.7. The van der Waals surface area contributed by atoms with E-state index < -0.39 is 18.0 Å². The average Bonchev–Trinajstić information content (AvgIpc) is 3.50. The van der Waals surface area contributed by atoms with E-state index in [4.69, 9.17) is 4.74 Å². The number of benzene rings is 2. The standard InChI is InChI=1S/C29H32N4O6/c34-25-10-9-24(27(35)30-25)33-16-20-14-22(7-8-23(20)28(33)36)39-17-21-6-1-2-12-31(21)15-19-5-3-4-18-11-13-32(26(18)19)29(37)38/h3-5,7-8,14,21,24H,1-2,6,9-13,15-17H2,(H,37,38)(H,30,34,35)/t21-,24?/m1/s1. The summed E-state index contributed by atoms with van der Waals surface area (Å²) in [5.41, 5.74) is 4.32. The van der Waals surface area contributed by atoms with E-state index in [1.807, 2.05) is 24.3 Å². The van der Waals surface area contributed by atoms with Crippen LogP contribution < -0.4 is 15.0 Å². The van der Waals surface area contributed by atoms with Crippen molar-refractivity contribution in [3.8, 4) is 5.75 Å². The molecule has 2 N–H and O–H groups in total. The first-order chi connectivity index (χ1) is 18.9. The molecule has 4 heterocycles. The summed E-state index contributed by atoms with van der Waals surface area (Å²) in [7, 11) is 0. The number of nitrogens with one attached hydrogen (secondary N) is 1. The highest BCUT2D eigenvalue weighted by molar-refractivity contribution is 6.05. The van der Waals surface area contributed by atoms with Gasteiger partial charge in [0.05, 0.1) is 5.69 Å². The average molecular weight is 533 g/mol. The van der Waals surface area contributed by atoms with Gasteiger partial charge in [0, 0.05) is 37.7 Å². The highest BCUT2D eigenvalue weighted by atomic mass is 16.5. The third-order valence-electron chi connectivity index (χ3n) is 8.37. The quantitative estimate of drug-likeness (QED) is 0.549. The van der Waals surface area contributed by atoms with E-state index in [9.17, 15) is 24.3 Å². The largest absolute Gasteiger partial charge is 0.492 e. The van der Waals surface area contributed by atoms with Gasteiger partial charge in [-0.2, -0.15) is 0 Å². The number of fused-ring (bicyclic) bond motifs is 2. The van der Waals surface area contributed by atoms with E-state index in [0.29, 0.717) is 44.0 Å². The number of amides is 4. The Kier molecular flexibility index (Phi) is 6.72. The van der Waals surface area contributed by atoms with Gasteiger partial charge < -0.3 is 14.7 Å². The van der Waals surface area contributed by atoms with Crippen LogP contribution in [0.2, 0.25) is 0 Å². The predicted octanol–water partition coefficient (Wildman–Crippen LogP) is 2.92. The first kappa shape index (κ1) is 25.4. The number of para-hydroxylation sites is 1. The first-order valence-electron chi connectivity index (χ1n) is 13.6. The van der Waals surface area contributed by atoms with Crippen molar-refractivity contribution in [3.05, 3.63) is 58.7 Å². The number of piperidine rings is 2. The molecule has 0 bridgehead atoms. The number of likely N-dealkylation sites (tertiary alicyclic amines) is 1. The molecule has 0 aliphatic carbocycles. The van der Waals surface area contributed by atoms with Crippen LogP contribution in [-0.4, -0.2) is 70.5 Å². The van der Waals surface area contributed by atoms with Crippen LogP contribution in [0.5, 0.6) is 5.75 Å². The van der Waals surface area contributed by atoms with Gasteiger partial charge in [0.15, 0.2) is 0 Å². The maximum absolute atomic E-state index is 13.0. The van der Waals surface area contributed by atoms with Crippen LogP contribution in [0.4, 0.5) is 10.5 Å². The number of carboxylic acid groups (broad SMARTS) is 1. The number of nitrogens with zero attached hydrogens (tertiary/aromatic N) is 3. The number of anilines is 1. The van der Waals surface area contributed by atoms with Gasteiger partial charge in [0.1, 0.15) is 18.4 Å². The number of carbonyl (C=O) groups excluding carboxylic acids is 3. The van der Waals surface area contributed by atoms with Crippen LogP contribution in [0.15, 0.2) is 36.4 Å². The molecule has 10 heteroatoms. The summed E-state index contributed by atoms with van der Waals surface area (Å²) < 4.78 is 6.24. The van der Waals surface area contributed by atoms with E-state index in [0.717, 1.165) is 54.6 Å². The normalized spacial score (nSPS) is 23.0. The minimum atomic E-state index is -0.911. The summed E-state index contributed by atoms with van der Waals surface area (Å²) in [6.07, 6.45) is 3.58. The molecule has 2 saturated heterocycles. The molecule has 2 atom stereocenters. The Bertz CT molecular complexity index is 1340. The molecule has 4 aliphatic heterocycles. The summed E-state index contributed by atoms with van der Waals surface area (Å²) in [5.74, 6) is -0.245. The highest BCUT2D eigenvalue weighted by Gasteiger charge is 2.39. The van der Waals surface area contributed by atoms with Crippen molar-refractivity contribution in [3.63, 3.8) is 0 Å². The Labute approximate surface area is 226 Å². The van der Waals surface area contributed by atoms with Crippen molar-refractivity contribution in [2.75, 3.05) is 24.6 Å². The van der Waals surface area contributed by atoms with Gasteiger partial charge in [0.2, 0.25) is 11.8 Å². The van der Waals surface area contributed by atoms with Crippen molar-refractivity contribution in [1.82, 2.24) is 15.1 Å². The summed E-state index contributed by atoms with van der Waals surface area (Å²) >= 11 is 0. The number of hydrogen-bond acceptors (Lipinski definition) is 6. The molecule has 39 heavy (non-hydrogen) atoms. The maximum atomic E-state index is 13.0. The van der Waals surface area contributed by atoms with Crippen LogP contribution in [0.25, 0.3) is 0 Å². The van der Waals surface area contributed by atoms with Crippen molar-refractivity contribution < 1.29 is 29.0 Å². The molecular formula is C29H32N4O6. The second-order valence-electron chi connectivity index (χ2n) is 10.8. The van der Waals surface area contributed by atoms with Crippen LogP contribution in [0.3, 0.4) is 0 Å². The predicted molar refractivity (Wildman–Crippen MR) is 142 cm³/mol. The van der Waals surface area contributed by atoms with Crippen molar-refractivity contribution >= 4 is 29.5 Å². The second-order valence-corrected chi connectivity index (χ2v) is 10.8. The molecule has 2 fully saturated rings. The van der Waals surface area contributed by atoms with E-state index in [2.05, 4.69) is 10.2 Å². The number of imide groups is 1. The number of carbonyl (C=O) groups is 4. The van der Waals surface area contributed by atoms with Gasteiger partial charge in [-0.3, -0.25) is 29.5 Å². The number of rotatable bonds is 6. The Morgan fingerprint density at radius 3 is 2.72 bits per heavy atom. The maximum Gasteiger partial charge on any atom is 0.411 e. The SMILES string of the molecule is O=C1CCC(N2Cc3cc(OC[C@H]4CCCCN4Cc4cccc5c4N(C(=O)O)CC5)ccc3C2=O)C(=O)N1. The monoisotopic (exact) mass is 532 g/mol. The molecule has 2 aromatic rings. The molecule has 10 nitrogen and oxygen atoms in total. The van der Waals surface area contributed by atoms with Gasteiger partial charge in [-0.05, 0) is 67.1 Å². The second kappa shape index (κ2) is 10.3. The molecule has 6 rings (SSSR count). The van der Waals surface area contributed by atoms with Crippen LogP contribution >= 0.6 is 0 Å². The Hall–Kier alpha value is -3.92. The zero-order valence-electron chi connectivity index (χ0n) is 21.7. The Morgan fingerprint density at radius 1 is 1.03 bits per heavy atom. The van der Waals surface area contributed by atoms with Crippen LogP contribution in [0.1, 0.15) is 59.2 Å². The van der Waals surface area contributed by atoms with E-state index in [1.54, 1.807) is 12.1 Å². The summed E-state index contributed by atoms with van der Waals surface area (Å²) in [6.45, 7) is 2.88. The van der Waals surface area contributed by atoms with E-state index >= 15 is 0 Å².